The first-order valence-corrected chi connectivity index (χ1v) is 12.8. The van der Waals surface area contributed by atoms with Crippen LogP contribution in [0, 0.1) is 11.3 Å². The molecule has 0 saturated carbocycles. The van der Waals surface area contributed by atoms with Gasteiger partial charge in [0, 0.05) is 24.9 Å². The summed E-state index contributed by atoms with van der Waals surface area (Å²) >= 11 is 7.48. The number of benzene rings is 1. The molecule has 200 valence electrons. The Hall–Kier alpha value is -4.29. The second kappa shape index (κ2) is 10.5. The molecule has 1 aromatic carbocycles. The number of hydroxylamine groups is 1. The van der Waals surface area contributed by atoms with Crippen molar-refractivity contribution in [3.05, 3.63) is 66.9 Å². The van der Waals surface area contributed by atoms with Gasteiger partial charge in [0.05, 0.1) is 39.6 Å². The minimum atomic E-state index is -0.607. The molecule has 1 fully saturated rings. The van der Waals surface area contributed by atoms with Crippen LogP contribution in [0.1, 0.15) is 38.4 Å². The summed E-state index contributed by atoms with van der Waals surface area (Å²) in [6.07, 6.45) is -0.000676. The molecule has 1 aliphatic rings. The van der Waals surface area contributed by atoms with E-state index in [4.69, 9.17) is 38.0 Å². The Morgan fingerprint density at radius 2 is 2.10 bits per heavy atom. The number of nitrogens with two attached hydrogens (primary N) is 2. The number of anilines is 3. The van der Waals surface area contributed by atoms with Crippen molar-refractivity contribution < 1.29 is 14.7 Å². The highest BCUT2D eigenvalue weighted by Gasteiger charge is 2.39. The Kier molecular flexibility index (Phi) is 7.06. The molecule has 1 amide bonds. The third-order valence-corrected chi connectivity index (χ3v) is 7.79. The number of aromatic nitrogens is 4. The Morgan fingerprint density at radius 1 is 1.31 bits per heavy atom. The van der Waals surface area contributed by atoms with Gasteiger partial charge in [0.1, 0.15) is 23.3 Å². The summed E-state index contributed by atoms with van der Waals surface area (Å²) in [6.45, 7) is 0.460. The van der Waals surface area contributed by atoms with Crippen molar-refractivity contribution in [2.75, 3.05) is 22.9 Å². The monoisotopic (exact) mass is 567 g/mol. The number of carbonyl (C=O) groups excluding carboxylic acids is 1. The fraction of sp³-hybridized carbons (Fsp3) is 0.250. The maximum atomic E-state index is 13.3. The normalized spacial score (nSPS) is 16.9. The molecular weight excluding hydrogens is 546 g/mol. The number of carbonyl (C=O) groups is 1. The lowest BCUT2D eigenvalue weighted by molar-refractivity contribution is 0.0546. The lowest BCUT2D eigenvalue weighted by Crippen LogP contribution is -2.32. The van der Waals surface area contributed by atoms with E-state index >= 15 is 0 Å². The van der Waals surface area contributed by atoms with Crippen molar-refractivity contribution >= 4 is 57.3 Å². The molecule has 0 radical (unpaired) electrons. The van der Waals surface area contributed by atoms with Crippen molar-refractivity contribution in [3.8, 4) is 6.07 Å². The van der Waals surface area contributed by atoms with Crippen LogP contribution in [0.4, 0.5) is 17.6 Å². The second-order valence-corrected chi connectivity index (χ2v) is 10.4. The van der Waals surface area contributed by atoms with Crippen LogP contribution in [0.15, 0.2) is 35.1 Å². The standard InChI is InChI=1S/C24H22ClN9O4S/c1-33-21(29-15-4-2-3-14(25)18(15)23(33)36)16-7-11(38-10-12-5-6-17(39-12)22(35)32-37)9-34(16)20-13(8-26)19(27)30-24(28)31-20/h2-6,11,16,37H,7,9-10H2,1H3,(H,32,35)(H4,27,28,30,31)/t11-,16+/m1/s1. The highest BCUT2D eigenvalue weighted by Crippen LogP contribution is 2.39. The SMILES string of the molecule is Cn1c([C@@H]2C[C@@H](OCc3ccc(C(=O)NO)s3)CN2c2nc(N)nc(N)c2C#N)nc2cccc(Cl)c2c1=O. The molecule has 5 rings (SSSR count). The number of ether oxygens (including phenoxy) is 1. The zero-order valence-electron chi connectivity index (χ0n) is 20.5. The van der Waals surface area contributed by atoms with E-state index in [0.717, 1.165) is 4.88 Å². The van der Waals surface area contributed by atoms with Crippen LogP contribution in [0.25, 0.3) is 10.9 Å². The predicted molar refractivity (Wildman–Crippen MR) is 144 cm³/mol. The summed E-state index contributed by atoms with van der Waals surface area (Å²) < 4.78 is 7.60. The van der Waals surface area contributed by atoms with Crippen molar-refractivity contribution in [2.24, 2.45) is 7.05 Å². The lowest BCUT2D eigenvalue weighted by atomic mass is 10.1. The maximum Gasteiger partial charge on any atom is 0.284 e. The number of nitrogens with one attached hydrogen (secondary N) is 1. The Labute approximate surface area is 230 Å². The van der Waals surface area contributed by atoms with Gasteiger partial charge in [0.15, 0.2) is 5.82 Å². The van der Waals surface area contributed by atoms with E-state index < -0.39 is 11.9 Å². The van der Waals surface area contributed by atoms with Gasteiger partial charge in [-0.1, -0.05) is 17.7 Å². The summed E-state index contributed by atoms with van der Waals surface area (Å²) in [7, 11) is 1.60. The summed E-state index contributed by atoms with van der Waals surface area (Å²) in [6, 6.07) is 9.87. The molecular formula is C24H22ClN9O4S. The van der Waals surface area contributed by atoms with Gasteiger partial charge in [-0.25, -0.2) is 10.5 Å². The van der Waals surface area contributed by atoms with E-state index in [0.29, 0.717) is 33.0 Å². The van der Waals surface area contributed by atoms with E-state index in [1.54, 1.807) is 47.8 Å². The molecule has 15 heteroatoms. The van der Waals surface area contributed by atoms with Crippen molar-refractivity contribution in [2.45, 2.75) is 25.2 Å². The molecule has 0 aliphatic carbocycles. The zero-order valence-corrected chi connectivity index (χ0v) is 22.0. The van der Waals surface area contributed by atoms with E-state index in [2.05, 4.69) is 9.97 Å². The number of halogens is 1. The summed E-state index contributed by atoms with van der Waals surface area (Å²) in [5, 5.41) is 19.3. The summed E-state index contributed by atoms with van der Waals surface area (Å²) in [5.41, 5.74) is 13.6. The zero-order chi connectivity index (χ0) is 27.8. The van der Waals surface area contributed by atoms with Crippen LogP contribution in [-0.2, 0) is 18.4 Å². The number of fused-ring (bicyclic) bond motifs is 1. The molecule has 1 aliphatic heterocycles. The largest absolute Gasteiger partial charge is 0.382 e. The Balaban J connectivity index is 1.54. The molecule has 0 bridgehead atoms. The first-order chi connectivity index (χ1) is 18.7. The molecule has 0 unspecified atom stereocenters. The number of hydrogen-bond acceptors (Lipinski definition) is 12. The lowest BCUT2D eigenvalue weighted by Gasteiger charge is -2.27. The molecule has 6 N–H and O–H groups in total. The van der Waals surface area contributed by atoms with Crippen molar-refractivity contribution in [1.29, 1.82) is 5.26 Å². The fourth-order valence-corrected chi connectivity index (χ4v) is 5.68. The first kappa shape index (κ1) is 26.3. The quantitative estimate of drug-likeness (QED) is 0.196. The van der Waals surface area contributed by atoms with Crippen LogP contribution in [0.5, 0.6) is 0 Å². The van der Waals surface area contributed by atoms with Crippen molar-refractivity contribution in [3.63, 3.8) is 0 Å². The molecule has 3 aromatic heterocycles. The number of thiophene rings is 1. The summed E-state index contributed by atoms with van der Waals surface area (Å²) in [4.78, 5) is 40.8. The number of amides is 1. The number of nitrogen functional groups attached to an aromatic ring is 2. The van der Waals surface area contributed by atoms with Gasteiger partial charge < -0.3 is 21.1 Å². The number of nitrogens with zero attached hydrogens (tertiary/aromatic N) is 6. The van der Waals surface area contributed by atoms with Gasteiger partial charge in [-0.15, -0.1) is 11.3 Å². The number of nitriles is 1. The van der Waals surface area contributed by atoms with Gasteiger partial charge in [0.25, 0.3) is 11.5 Å². The van der Waals surface area contributed by atoms with Crippen LogP contribution in [-0.4, -0.2) is 43.3 Å². The van der Waals surface area contributed by atoms with E-state index in [-0.39, 0.29) is 48.0 Å². The molecule has 39 heavy (non-hydrogen) atoms. The fourth-order valence-electron chi connectivity index (χ4n) is 4.61. The summed E-state index contributed by atoms with van der Waals surface area (Å²) in [5.74, 6) is -0.158. The Morgan fingerprint density at radius 3 is 2.85 bits per heavy atom. The number of hydrogen-bond donors (Lipinski definition) is 4. The molecule has 13 nitrogen and oxygen atoms in total. The van der Waals surface area contributed by atoms with E-state index in [1.807, 2.05) is 6.07 Å². The van der Waals surface area contributed by atoms with Gasteiger partial charge >= 0.3 is 0 Å². The highest BCUT2D eigenvalue weighted by atomic mass is 35.5. The minimum Gasteiger partial charge on any atom is -0.382 e. The topological polar surface area (TPSA) is 198 Å². The van der Waals surface area contributed by atoms with Crippen LogP contribution in [0.3, 0.4) is 0 Å². The minimum absolute atomic E-state index is 0.0431. The third-order valence-electron chi connectivity index (χ3n) is 6.42. The second-order valence-electron chi connectivity index (χ2n) is 8.79. The maximum absolute atomic E-state index is 13.3. The first-order valence-electron chi connectivity index (χ1n) is 11.6. The van der Waals surface area contributed by atoms with Gasteiger partial charge in [-0.3, -0.25) is 19.4 Å². The number of rotatable bonds is 6. The van der Waals surface area contributed by atoms with Gasteiger partial charge in [-0.05, 0) is 24.3 Å². The molecule has 4 heterocycles. The van der Waals surface area contributed by atoms with Crippen LogP contribution >= 0.6 is 22.9 Å². The molecule has 0 spiro atoms. The van der Waals surface area contributed by atoms with Crippen molar-refractivity contribution in [1.82, 2.24) is 25.0 Å². The average Bonchev–Trinajstić information content (AvgIpc) is 3.56. The third kappa shape index (κ3) is 4.84. The molecule has 1 saturated heterocycles. The molecule has 4 aromatic rings. The smallest absolute Gasteiger partial charge is 0.284 e. The highest BCUT2D eigenvalue weighted by molar-refractivity contribution is 7.14. The predicted octanol–water partition coefficient (Wildman–Crippen LogP) is 2.13. The van der Waals surface area contributed by atoms with Gasteiger partial charge in [0.2, 0.25) is 5.95 Å². The Bertz CT molecular complexity index is 1700. The van der Waals surface area contributed by atoms with Crippen LogP contribution < -0.4 is 27.4 Å². The molecule has 2 atom stereocenters. The average molecular weight is 568 g/mol. The van der Waals surface area contributed by atoms with E-state index in [9.17, 15) is 14.9 Å². The van der Waals surface area contributed by atoms with Gasteiger partial charge in [-0.2, -0.15) is 15.2 Å². The van der Waals surface area contributed by atoms with E-state index in [1.165, 1.54) is 15.9 Å². The van der Waals surface area contributed by atoms with Crippen LogP contribution in [0.2, 0.25) is 5.02 Å².